The maximum atomic E-state index is 12.7. The number of imidazole rings is 1. The zero-order valence-electron chi connectivity index (χ0n) is 19.1. The smallest absolute Gasteiger partial charge is 0.255 e. The molecule has 3 aromatic carbocycles. The van der Waals surface area contributed by atoms with E-state index in [2.05, 4.69) is 20.6 Å². The number of rotatable bonds is 5. The van der Waals surface area contributed by atoms with Gasteiger partial charge in [-0.1, -0.05) is 18.0 Å². The van der Waals surface area contributed by atoms with Crippen molar-refractivity contribution in [2.24, 2.45) is 17.8 Å². The molecule has 7 heteroatoms. The third kappa shape index (κ3) is 4.42. The first kappa shape index (κ1) is 21.9. The number of benzene rings is 3. The zero-order valence-corrected chi connectivity index (χ0v) is 19.8. The molecule has 2 fully saturated rings. The molecule has 3 N–H and O–H groups in total. The largest absolute Gasteiger partial charge is 0.338 e. The van der Waals surface area contributed by atoms with Crippen LogP contribution in [0.2, 0.25) is 5.02 Å². The Morgan fingerprint density at radius 1 is 0.886 bits per heavy atom. The summed E-state index contributed by atoms with van der Waals surface area (Å²) in [5.74, 6) is 2.12. The molecule has 3 unspecified atom stereocenters. The number of aromatic amines is 1. The number of anilines is 2. The molecule has 0 aliphatic heterocycles. The number of hydrogen-bond donors (Lipinski definition) is 3. The molecule has 6 rings (SSSR count). The van der Waals surface area contributed by atoms with Gasteiger partial charge in [0.05, 0.1) is 11.0 Å². The van der Waals surface area contributed by atoms with Crippen molar-refractivity contribution < 1.29 is 9.59 Å². The molecule has 0 radical (unpaired) electrons. The molecule has 1 heterocycles. The SMILES string of the molecule is O=C(Nc1ccc(Cl)cc1)c1ccc2[nH]c(-c3ccc(NC(=O)C4CC5CCC4C5)cc3)nc2c1. The number of carbonyl (C=O) groups excluding carboxylic acids is 2. The molecular formula is C28H25ClN4O2. The molecule has 4 aromatic rings. The third-order valence-electron chi connectivity index (χ3n) is 7.35. The second kappa shape index (κ2) is 8.86. The van der Waals surface area contributed by atoms with Gasteiger partial charge in [0.25, 0.3) is 5.91 Å². The molecule has 2 aliphatic carbocycles. The van der Waals surface area contributed by atoms with Gasteiger partial charge < -0.3 is 15.6 Å². The predicted molar refractivity (Wildman–Crippen MR) is 139 cm³/mol. The first-order chi connectivity index (χ1) is 17.0. The van der Waals surface area contributed by atoms with Gasteiger partial charge in [-0.05, 0) is 97.8 Å². The van der Waals surface area contributed by atoms with Crippen molar-refractivity contribution in [3.05, 3.63) is 77.3 Å². The molecule has 176 valence electrons. The van der Waals surface area contributed by atoms with E-state index in [1.807, 2.05) is 30.3 Å². The molecule has 1 aromatic heterocycles. The van der Waals surface area contributed by atoms with Crippen molar-refractivity contribution in [3.63, 3.8) is 0 Å². The molecule has 0 saturated heterocycles. The number of aromatic nitrogens is 2. The van der Waals surface area contributed by atoms with Gasteiger partial charge in [0.1, 0.15) is 5.82 Å². The number of amides is 2. The predicted octanol–water partition coefficient (Wildman–Crippen LogP) is 6.51. The van der Waals surface area contributed by atoms with E-state index in [1.54, 1.807) is 36.4 Å². The van der Waals surface area contributed by atoms with Crippen LogP contribution < -0.4 is 10.6 Å². The van der Waals surface area contributed by atoms with Gasteiger partial charge in [-0.3, -0.25) is 9.59 Å². The summed E-state index contributed by atoms with van der Waals surface area (Å²) in [6.07, 6.45) is 4.73. The van der Waals surface area contributed by atoms with Gasteiger partial charge in [0, 0.05) is 33.4 Å². The fraction of sp³-hybridized carbons (Fsp3) is 0.250. The van der Waals surface area contributed by atoms with Crippen LogP contribution in [0.25, 0.3) is 22.4 Å². The number of carbonyl (C=O) groups is 2. The summed E-state index contributed by atoms with van der Waals surface area (Å²) in [5.41, 5.74) is 4.46. The van der Waals surface area contributed by atoms with Crippen LogP contribution in [0.15, 0.2) is 66.7 Å². The van der Waals surface area contributed by atoms with Crippen molar-refractivity contribution >= 4 is 45.8 Å². The summed E-state index contributed by atoms with van der Waals surface area (Å²) in [7, 11) is 0. The van der Waals surface area contributed by atoms with E-state index in [0.29, 0.717) is 33.5 Å². The van der Waals surface area contributed by atoms with Gasteiger partial charge in [0.15, 0.2) is 0 Å². The van der Waals surface area contributed by atoms with E-state index in [1.165, 1.54) is 19.3 Å². The highest BCUT2D eigenvalue weighted by atomic mass is 35.5. The minimum Gasteiger partial charge on any atom is -0.338 e. The van der Waals surface area contributed by atoms with Crippen molar-refractivity contribution in [2.45, 2.75) is 25.7 Å². The third-order valence-corrected chi connectivity index (χ3v) is 7.60. The van der Waals surface area contributed by atoms with Crippen molar-refractivity contribution in [3.8, 4) is 11.4 Å². The summed E-state index contributed by atoms with van der Waals surface area (Å²) in [6, 6.07) is 20.1. The summed E-state index contributed by atoms with van der Waals surface area (Å²) in [4.78, 5) is 33.4. The van der Waals surface area contributed by atoms with E-state index < -0.39 is 0 Å². The first-order valence-corrected chi connectivity index (χ1v) is 12.4. The molecule has 6 nitrogen and oxygen atoms in total. The van der Waals surface area contributed by atoms with E-state index in [0.717, 1.165) is 29.1 Å². The van der Waals surface area contributed by atoms with Crippen LogP contribution in [-0.4, -0.2) is 21.8 Å². The van der Waals surface area contributed by atoms with E-state index in [-0.39, 0.29) is 17.7 Å². The standard InChI is InChI=1S/C28H25ClN4O2/c29-20-6-10-22(11-7-20)30-27(34)19-5-12-24-25(15-19)33-26(32-24)17-3-8-21(9-4-17)31-28(35)23-14-16-1-2-18(23)13-16/h3-12,15-16,18,23H,1-2,13-14H2,(H,30,34)(H,31,35)(H,32,33). The Balaban J connectivity index is 1.15. The van der Waals surface area contributed by atoms with Crippen molar-refractivity contribution in [1.82, 2.24) is 9.97 Å². The summed E-state index contributed by atoms with van der Waals surface area (Å²) in [6.45, 7) is 0. The van der Waals surface area contributed by atoms with Crippen molar-refractivity contribution in [2.75, 3.05) is 10.6 Å². The van der Waals surface area contributed by atoms with Crippen LogP contribution in [0.5, 0.6) is 0 Å². The molecule has 35 heavy (non-hydrogen) atoms. The number of H-pyrrole nitrogens is 1. The Morgan fingerprint density at radius 2 is 1.63 bits per heavy atom. The first-order valence-electron chi connectivity index (χ1n) is 12.0. The van der Waals surface area contributed by atoms with Crippen LogP contribution in [0.1, 0.15) is 36.0 Å². The Labute approximate surface area is 208 Å². The number of hydrogen-bond acceptors (Lipinski definition) is 3. The van der Waals surface area contributed by atoms with Gasteiger partial charge in [-0.25, -0.2) is 4.98 Å². The maximum absolute atomic E-state index is 12.7. The van der Waals surface area contributed by atoms with Gasteiger partial charge in [0.2, 0.25) is 5.91 Å². The highest BCUT2D eigenvalue weighted by Gasteiger charge is 2.43. The summed E-state index contributed by atoms with van der Waals surface area (Å²) >= 11 is 5.91. The summed E-state index contributed by atoms with van der Waals surface area (Å²) < 4.78 is 0. The number of nitrogens with zero attached hydrogens (tertiary/aromatic N) is 1. The monoisotopic (exact) mass is 484 g/mol. The minimum absolute atomic E-state index is 0.151. The second-order valence-corrected chi connectivity index (χ2v) is 10.1. The lowest BCUT2D eigenvalue weighted by atomic mass is 9.88. The van der Waals surface area contributed by atoms with Gasteiger partial charge in [-0.2, -0.15) is 0 Å². The van der Waals surface area contributed by atoms with Crippen molar-refractivity contribution in [1.29, 1.82) is 0 Å². The van der Waals surface area contributed by atoms with Crippen LogP contribution >= 0.6 is 11.6 Å². The zero-order chi connectivity index (χ0) is 23.9. The normalized spacial score (nSPS) is 20.8. The fourth-order valence-corrected chi connectivity index (χ4v) is 5.66. The van der Waals surface area contributed by atoms with Gasteiger partial charge >= 0.3 is 0 Å². The average molecular weight is 485 g/mol. The molecule has 3 atom stereocenters. The lowest BCUT2D eigenvalue weighted by Crippen LogP contribution is -2.27. The molecule has 2 saturated carbocycles. The molecule has 2 aliphatic rings. The Bertz CT molecular complexity index is 1410. The Morgan fingerprint density at radius 3 is 2.34 bits per heavy atom. The van der Waals surface area contributed by atoms with Crippen LogP contribution in [0.3, 0.4) is 0 Å². The maximum Gasteiger partial charge on any atom is 0.255 e. The van der Waals surface area contributed by atoms with Crippen LogP contribution in [0.4, 0.5) is 11.4 Å². The molecule has 2 bridgehead atoms. The lowest BCUT2D eigenvalue weighted by Gasteiger charge is -2.20. The minimum atomic E-state index is -0.214. The van der Waals surface area contributed by atoms with E-state index in [4.69, 9.17) is 11.6 Å². The number of nitrogens with one attached hydrogen (secondary N) is 3. The highest BCUT2D eigenvalue weighted by Crippen LogP contribution is 2.48. The number of halogens is 1. The van der Waals surface area contributed by atoms with Crippen LogP contribution in [-0.2, 0) is 4.79 Å². The second-order valence-electron chi connectivity index (χ2n) is 9.63. The molecular weight excluding hydrogens is 460 g/mol. The highest BCUT2D eigenvalue weighted by molar-refractivity contribution is 6.30. The van der Waals surface area contributed by atoms with Gasteiger partial charge in [-0.15, -0.1) is 0 Å². The van der Waals surface area contributed by atoms with E-state index in [9.17, 15) is 9.59 Å². The fourth-order valence-electron chi connectivity index (χ4n) is 5.53. The average Bonchev–Trinajstić information content (AvgIpc) is 3.61. The molecule has 0 spiro atoms. The number of fused-ring (bicyclic) bond motifs is 3. The molecule has 2 amide bonds. The van der Waals surface area contributed by atoms with Crippen LogP contribution in [0, 0.1) is 17.8 Å². The lowest BCUT2D eigenvalue weighted by molar-refractivity contribution is -0.121. The Kier molecular flexibility index (Phi) is 5.53. The summed E-state index contributed by atoms with van der Waals surface area (Å²) in [5, 5.41) is 6.58. The Hall–Kier alpha value is -3.64. The van der Waals surface area contributed by atoms with E-state index >= 15 is 0 Å². The quantitative estimate of drug-likeness (QED) is 0.301. The topological polar surface area (TPSA) is 86.9 Å².